The molecule has 0 N–H and O–H groups in total. The number of carbonyl (C=O) groups excluding carboxylic acids is 2. The van der Waals surface area contributed by atoms with Crippen molar-refractivity contribution in [2.75, 3.05) is 0 Å². The third kappa shape index (κ3) is 55.2. The summed E-state index contributed by atoms with van der Waals surface area (Å²) in [5.74, 6) is -1.82. The van der Waals surface area contributed by atoms with E-state index in [1.54, 1.807) is 8.87 Å². The minimum Gasteiger partial charge on any atom is 4.00 e. The minimum absolute atomic E-state index is 0. The number of rotatable bonds is 24. The number of aliphatic carboxylic acids is 2. The van der Waals surface area contributed by atoms with Crippen LogP contribution in [-0.2, 0) is 9.59 Å². The maximum absolute atomic E-state index is 10.1. The van der Waals surface area contributed by atoms with Crippen molar-refractivity contribution in [3.05, 3.63) is 0 Å². The predicted octanol–water partition coefficient (Wildman–Crippen LogP) is 7.28. The molecule has 0 heterocycles. The summed E-state index contributed by atoms with van der Waals surface area (Å²) in [5, 5.41) is 20.2. The van der Waals surface area contributed by atoms with Gasteiger partial charge < -0.3 is 19.8 Å². The van der Waals surface area contributed by atoms with Crippen LogP contribution in [0.2, 0.25) is 8.87 Å². The Balaban J connectivity index is -0.000000222. The molecule has 208 valence electrons. The topological polar surface area (TPSA) is 80.3 Å². The summed E-state index contributed by atoms with van der Waals surface area (Å²) in [6.45, 7) is 9.02. The van der Waals surface area contributed by atoms with Crippen LogP contribution in [0.4, 0.5) is 0 Å². The second-order valence-corrected chi connectivity index (χ2v) is 13.9. The number of hydrogen-bond donors (Lipinski definition) is 0. The number of carboxylic acids is 2. The summed E-state index contributed by atoms with van der Waals surface area (Å²) in [5.41, 5.74) is 0. The van der Waals surface area contributed by atoms with E-state index in [2.05, 4.69) is 27.7 Å². The van der Waals surface area contributed by atoms with Gasteiger partial charge >= 0.3 is 80.6 Å². The Kier molecular flexibility index (Phi) is 51.6. The van der Waals surface area contributed by atoms with Crippen LogP contribution in [0, 0.1) is 0 Å². The van der Waals surface area contributed by atoms with Crippen molar-refractivity contribution in [3.8, 4) is 0 Å². The van der Waals surface area contributed by atoms with E-state index in [-0.39, 0.29) is 57.9 Å². The van der Waals surface area contributed by atoms with Crippen molar-refractivity contribution in [3.63, 3.8) is 0 Å². The molecule has 0 saturated carbocycles. The first-order valence-corrected chi connectivity index (χ1v) is 19.1. The van der Waals surface area contributed by atoms with E-state index < -0.39 is 11.9 Å². The van der Waals surface area contributed by atoms with Gasteiger partial charge in [-0.15, -0.1) is 0 Å². The summed E-state index contributed by atoms with van der Waals surface area (Å²) in [7, 11) is 0. The second kappa shape index (κ2) is 42.6. The second-order valence-electron chi connectivity index (χ2n) is 9.65. The van der Waals surface area contributed by atoms with Crippen molar-refractivity contribution in [2.45, 2.75) is 178 Å². The zero-order valence-electron chi connectivity index (χ0n) is 24.6. The van der Waals surface area contributed by atoms with E-state index >= 15 is 0 Å². The average molecular weight is 722 g/mol. The molecule has 0 bridgehead atoms. The van der Waals surface area contributed by atoms with E-state index in [1.165, 1.54) is 103 Å². The SMILES string of the molecule is CCCCCCCCCCCC(=O)[O-].CCCCCCCCCCCC(=O)[O-].CC[CH2][Sn+2][CH2]CC.[Sn+4]. The van der Waals surface area contributed by atoms with Crippen molar-refractivity contribution >= 4 is 57.0 Å². The van der Waals surface area contributed by atoms with Crippen molar-refractivity contribution < 1.29 is 19.8 Å². The maximum Gasteiger partial charge on any atom is 4.00 e. The first-order valence-electron chi connectivity index (χ1n) is 15.1. The molecule has 0 atom stereocenters. The van der Waals surface area contributed by atoms with Gasteiger partial charge in [0, 0.05) is 11.9 Å². The van der Waals surface area contributed by atoms with E-state index in [0.717, 1.165) is 25.7 Å². The number of hydrogen-bond acceptors (Lipinski definition) is 4. The smallest absolute Gasteiger partial charge is 4.00 e. The number of carbonyl (C=O) groups is 2. The molecular weight excluding hydrogens is 662 g/mol. The van der Waals surface area contributed by atoms with Gasteiger partial charge in [-0.2, -0.15) is 0 Å². The van der Waals surface area contributed by atoms with E-state index in [9.17, 15) is 19.8 Å². The van der Waals surface area contributed by atoms with Gasteiger partial charge in [-0.25, -0.2) is 0 Å². The van der Waals surface area contributed by atoms with Crippen LogP contribution in [0.5, 0.6) is 0 Å². The molecule has 0 aromatic heterocycles. The van der Waals surface area contributed by atoms with Crippen LogP contribution in [-0.4, -0.2) is 57.0 Å². The molecule has 0 amide bonds. The molecule has 4 nitrogen and oxygen atoms in total. The quantitative estimate of drug-likeness (QED) is 0.0776. The zero-order chi connectivity index (χ0) is 26.8. The zero-order valence-corrected chi connectivity index (χ0v) is 30.3. The average Bonchev–Trinajstić information content (AvgIpc) is 2.83. The Morgan fingerprint density at radius 1 is 0.444 bits per heavy atom. The van der Waals surface area contributed by atoms with Crippen LogP contribution < -0.4 is 10.2 Å². The molecule has 0 aromatic carbocycles. The third-order valence-electron chi connectivity index (χ3n) is 5.82. The Hall–Kier alpha value is 0.537. The molecule has 0 fully saturated rings. The van der Waals surface area contributed by atoms with Gasteiger partial charge in [-0.1, -0.05) is 117 Å². The minimum atomic E-state index is -0.909. The summed E-state index contributed by atoms with van der Waals surface area (Å²) >= 11 is 0.181. The standard InChI is InChI=1S/2C12H24O2.2C3H7.2Sn/c2*1-2-3-4-5-6-7-8-9-10-11-12(13)14;2*1-3-2;;/h2*2-11H2,1H3,(H,13,14);2*1,3H2,2H3;;/q;;;;+2;+4/p-2. The fourth-order valence-electron chi connectivity index (χ4n) is 3.64. The van der Waals surface area contributed by atoms with E-state index in [0.29, 0.717) is 0 Å². The molecule has 0 aliphatic carbocycles. The molecule has 0 rings (SSSR count). The molecular formula is C30H60O4Sn2+4. The van der Waals surface area contributed by atoms with Crippen LogP contribution >= 0.6 is 0 Å². The van der Waals surface area contributed by atoms with Crippen LogP contribution in [0.1, 0.15) is 169 Å². The fourth-order valence-corrected chi connectivity index (χ4v) is 6.37. The van der Waals surface area contributed by atoms with Crippen molar-refractivity contribution in [2.24, 2.45) is 0 Å². The van der Waals surface area contributed by atoms with Gasteiger partial charge in [0.15, 0.2) is 0 Å². The molecule has 0 spiro atoms. The Bertz CT molecular complexity index is 370. The van der Waals surface area contributed by atoms with Crippen LogP contribution in [0.15, 0.2) is 0 Å². The maximum atomic E-state index is 10.1. The van der Waals surface area contributed by atoms with Gasteiger partial charge in [0.1, 0.15) is 0 Å². The van der Waals surface area contributed by atoms with Gasteiger partial charge in [0.2, 0.25) is 0 Å². The molecule has 0 saturated heterocycles. The van der Waals surface area contributed by atoms with Crippen molar-refractivity contribution in [1.82, 2.24) is 0 Å². The van der Waals surface area contributed by atoms with Crippen LogP contribution in [0.25, 0.3) is 0 Å². The third-order valence-corrected chi connectivity index (χ3v) is 10.7. The molecule has 0 radical (unpaired) electrons. The monoisotopic (exact) mass is 724 g/mol. The molecule has 6 heteroatoms. The largest absolute Gasteiger partial charge is 4.00 e. The predicted molar refractivity (Wildman–Crippen MR) is 155 cm³/mol. The van der Waals surface area contributed by atoms with E-state index in [1.807, 2.05) is 0 Å². The first kappa shape index (κ1) is 43.6. The molecule has 0 aliphatic heterocycles. The fraction of sp³-hybridized carbons (Fsp3) is 0.933. The summed E-state index contributed by atoms with van der Waals surface area (Å²) in [6, 6.07) is 0. The van der Waals surface area contributed by atoms with Gasteiger partial charge in [0.25, 0.3) is 0 Å². The molecule has 0 unspecified atom stereocenters. The Morgan fingerprint density at radius 3 is 0.917 bits per heavy atom. The summed E-state index contributed by atoms with van der Waals surface area (Å²) < 4.78 is 3.19. The summed E-state index contributed by atoms with van der Waals surface area (Å²) in [4.78, 5) is 20.2. The molecule has 0 aromatic rings. The summed E-state index contributed by atoms with van der Waals surface area (Å²) in [6.07, 6.45) is 25.2. The molecule has 0 aliphatic rings. The Labute approximate surface area is 253 Å². The van der Waals surface area contributed by atoms with Crippen LogP contribution in [0.3, 0.4) is 0 Å². The number of carboxylic acid groups (broad SMARTS) is 2. The Morgan fingerprint density at radius 2 is 0.694 bits per heavy atom. The van der Waals surface area contributed by atoms with Gasteiger partial charge in [-0.05, 0) is 25.7 Å². The first-order chi connectivity index (χ1) is 17.0. The number of unbranched alkanes of at least 4 members (excludes halogenated alkanes) is 16. The normalized spacial score (nSPS) is 9.67. The van der Waals surface area contributed by atoms with Gasteiger partial charge in [0.05, 0.1) is 0 Å². The molecule has 36 heavy (non-hydrogen) atoms. The van der Waals surface area contributed by atoms with Gasteiger partial charge in [-0.3, -0.25) is 0 Å². The van der Waals surface area contributed by atoms with Crippen molar-refractivity contribution in [1.29, 1.82) is 0 Å². The van der Waals surface area contributed by atoms with E-state index in [4.69, 9.17) is 0 Å².